The van der Waals surface area contributed by atoms with Crippen molar-refractivity contribution in [2.24, 2.45) is 7.05 Å². The summed E-state index contributed by atoms with van der Waals surface area (Å²) in [4.78, 5) is 4.74. The number of nitrogens with zero attached hydrogens (tertiary/aromatic N) is 2. The van der Waals surface area contributed by atoms with E-state index in [2.05, 4.69) is 25.1 Å². The minimum Gasteiger partial charge on any atom is -0.425 e. The van der Waals surface area contributed by atoms with Crippen LogP contribution in [0.4, 0.5) is 0 Å². The molecule has 25 heavy (non-hydrogen) atoms. The van der Waals surface area contributed by atoms with Crippen molar-refractivity contribution in [2.75, 3.05) is 0 Å². The van der Waals surface area contributed by atoms with Gasteiger partial charge in [0.1, 0.15) is 11.1 Å². The number of fused-ring (bicyclic) bond motifs is 5. The molecule has 4 heteroatoms. The quantitative estimate of drug-likeness (QED) is 0.413. The summed E-state index contributed by atoms with van der Waals surface area (Å²) in [5.41, 5.74) is 4.79. The van der Waals surface area contributed by atoms with Crippen LogP contribution >= 0.6 is 0 Å². The highest BCUT2D eigenvalue weighted by Crippen LogP contribution is 2.40. The van der Waals surface area contributed by atoms with Crippen LogP contribution in [0, 0.1) is 13.8 Å². The molecule has 5 rings (SSSR count). The van der Waals surface area contributed by atoms with Crippen LogP contribution in [0.5, 0.6) is 0 Å². The summed E-state index contributed by atoms with van der Waals surface area (Å²) in [5, 5.41) is 3.17. The maximum atomic E-state index is 6.18. The Morgan fingerprint density at radius 1 is 0.920 bits per heavy atom. The van der Waals surface area contributed by atoms with E-state index in [4.69, 9.17) is 13.8 Å². The first-order chi connectivity index (χ1) is 12.1. The van der Waals surface area contributed by atoms with E-state index in [-0.39, 0.29) is 0 Å². The van der Waals surface area contributed by atoms with E-state index in [1.54, 1.807) is 0 Å². The van der Waals surface area contributed by atoms with Crippen LogP contribution in [-0.2, 0) is 7.05 Å². The smallest absolute Gasteiger partial charge is 0.334 e. The lowest BCUT2D eigenvalue weighted by Gasteiger charge is -2.04. The summed E-state index contributed by atoms with van der Waals surface area (Å²) >= 11 is 0. The predicted molar refractivity (Wildman–Crippen MR) is 97.4 cm³/mol. The van der Waals surface area contributed by atoms with Crippen LogP contribution in [0.2, 0.25) is 0 Å². The molecule has 0 N–H and O–H groups in total. The van der Waals surface area contributed by atoms with Crippen molar-refractivity contribution in [1.29, 1.82) is 0 Å². The van der Waals surface area contributed by atoms with Gasteiger partial charge in [-0.2, -0.15) is 0 Å². The van der Waals surface area contributed by atoms with Gasteiger partial charge >= 0.3 is 5.82 Å². The molecular weight excluding hydrogens is 312 g/mol. The van der Waals surface area contributed by atoms with Gasteiger partial charge in [0.05, 0.1) is 18.6 Å². The molecule has 0 saturated carbocycles. The van der Waals surface area contributed by atoms with E-state index >= 15 is 0 Å². The van der Waals surface area contributed by atoms with Crippen LogP contribution in [0.3, 0.4) is 0 Å². The number of hydrogen-bond acceptors (Lipinski definition) is 3. The number of furan rings is 2. The molecule has 0 radical (unpaired) electrons. The number of benzene rings is 2. The minimum atomic E-state index is 0.568. The number of para-hydroxylation sites is 1. The average Bonchev–Trinajstić information content (AvgIpc) is 3.13. The normalized spacial score (nSPS) is 11.8. The monoisotopic (exact) mass is 329 g/mol. The second-order valence-corrected chi connectivity index (χ2v) is 6.50. The van der Waals surface area contributed by atoms with Crippen LogP contribution < -0.4 is 4.57 Å². The Labute approximate surface area is 144 Å². The largest absolute Gasteiger partial charge is 0.425 e. The third kappa shape index (κ3) is 1.94. The van der Waals surface area contributed by atoms with E-state index in [1.807, 2.05) is 49.0 Å². The van der Waals surface area contributed by atoms with Crippen LogP contribution in [0.25, 0.3) is 44.5 Å². The van der Waals surface area contributed by atoms with Gasteiger partial charge in [0.15, 0.2) is 11.3 Å². The van der Waals surface area contributed by atoms with Gasteiger partial charge in [0.25, 0.3) is 5.78 Å². The van der Waals surface area contributed by atoms with Crippen molar-refractivity contribution in [2.45, 2.75) is 13.8 Å². The van der Waals surface area contributed by atoms with Crippen molar-refractivity contribution < 1.29 is 13.4 Å². The van der Waals surface area contributed by atoms with E-state index in [1.165, 1.54) is 0 Å². The Morgan fingerprint density at radius 2 is 1.76 bits per heavy atom. The summed E-state index contributed by atoms with van der Waals surface area (Å²) < 4.78 is 14.1. The van der Waals surface area contributed by atoms with Gasteiger partial charge in [-0.3, -0.25) is 0 Å². The van der Waals surface area contributed by atoms with Crippen LogP contribution in [0.1, 0.15) is 11.3 Å². The topological polar surface area (TPSA) is 43.0 Å². The number of hydrogen-bond donors (Lipinski definition) is 0. The zero-order valence-electron chi connectivity index (χ0n) is 14.3. The lowest BCUT2D eigenvalue weighted by atomic mass is 10.0. The van der Waals surface area contributed by atoms with Crippen molar-refractivity contribution in [3.05, 3.63) is 59.9 Å². The molecule has 0 bridgehead atoms. The lowest BCUT2D eigenvalue weighted by Crippen LogP contribution is -2.32. The van der Waals surface area contributed by atoms with E-state index < -0.39 is 0 Å². The average molecular weight is 329 g/mol. The number of aromatic nitrogens is 2. The van der Waals surface area contributed by atoms with Gasteiger partial charge in [-0.25, -0.2) is 4.57 Å². The first-order valence-electron chi connectivity index (χ1n) is 8.30. The van der Waals surface area contributed by atoms with Crippen molar-refractivity contribution in [3.63, 3.8) is 0 Å². The molecule has 0 fully saturated rings. The third-order valence-corrected chi connectivity index (χ3v) is 4.77. The van der Waals surface area contributed by atoms with E-state index in [9.17, 15) is 0 Å². The fourth-order valence-electron chi connectivity index (χ4n) is 3.51. The molecular formula is C21H17N2O2+. The van der Waals surface area contributed by atoms with Crippen molar-refractivity contribution in [1.82, 2.24) is 4.98 Å². The maximum Gasteiger partial charge on any atom is 0.334 e. The highest BCUT2D eigenvalue weighted by Gasteiger charge is 2.25. The first-order valence-corrected chi connectivity index (χ1v) is 8.30. The summed E-state index contributed by atoms with van der Waals surface area (Å²) in [5.74, 6) is 1.46. The second kappa shape index (κ2) is 4.93. The maximum absolute atomic E-state index is 6.18. The van der Waals surface area contributed by atoms with Gasteiger partial charge in [-0.05, 0) is 23.5 Å². The summed E-state index contributed by atoms with van der Waals surface area (Å²) in [7, 11) is 2.00. The Kier molecular flexibility index (Phi) is 2.80. The fraction of sp³-hybridized carbons (Fsp3) is 0.143. The summed E-state index contributed by atoms with van der Waals surface area (Å²) in [6, 6.07) is 14.3. The molecule has 122 valence electrons. The predicted octanol–water partition coefficient (Wildman–Crippen LogP) is 4.84. The van der Waals surface area contributed by atoms with Gasteiger partial charge in [-0.1, -0.05) is 30.3 Å². The van der Waals surface area contributed by atoms with Gasteiger partial charge in [0.2, 0.25) is 0 Å². The summed E-state index contributed by atoms with van der Waals surface area (Å²) in [6.45, 7) is 4.08. The molecule has 0 aliphatic rings. The Bertz CT molecular complexity index is 1280. The molecule has 0 aliphatic carbocycles. The van der Waals surface area contributed by atoms with Crippen molar-refractivity contribution in [3.8, 4) is 11.4 Å². The molecule has 4 nitrogen and oxygen atoms in total. The molecule has 3 aromatic heterocycles. The molecule has 0 unspecified atom stereocenters. The molecule has 2 aromatic carbocycles. The number of rotatable bonds is 1. The highest BCUT2D eigenvalue weighted by molar-refractivity contribution is 6.19. The minimum absolute atomic E-state index is 0.568. The fourth-order valence-corrected chi connectivity index (χ4v) is 3.51. The molecule has 0 saturated heterocycles. The Balaban J connectivity index is 1.95. The van der Waals surface area contributed by atoms with Gasteiger partial charge in [0, 0.05) is 23.8 Å². The zero-order chi connectivity index (χ0) is 17.1. The van der Waals surface area contributed by atoms with Crippen LogP contribution in [0.15, 0.2) is 57.5 Å². The molecule has 0 amide bonds. The Hall–Kier alpha value is -3.14. The van der Waals surface area contributed by atoms with E-state index in [0.29, 0.717) is 5.78 Å². The molecule has 5 aromatic rings. The number of aryl methyl sites for hydroxylation is 3. The Morgan fingerprint density at radius 3 is 2.64 bits per heavy atom. The van der Waals surface area contributed by atoms with Crippen LogP contribution in [-0.4, -0.2) is 4.98 Å². The molecule has 0 atom stereocenters. The lowest BCUT2D eigenvalue weighted by molar-refractivity contribution is -0.663. The van der Waals surface area contributed by atoms with Crippen molar-refractivity contribution >= 4 is 33.1 Å². The second-order valence-electron chi connectivity index (χ2n) is 6.50. The van der Waals surface area contributed by atoms with E-state index in [0.717, 1.165) is 50.0 Å². The molecule has 0 spiro atoms. The first kappa shape index (κ1) is 14.2. The summed E-state index contributed by atoms with van der Waals surface area (Å²) in [6.07, 6.45) is 2.03. The highest BCUT2D eigenvalue weighted by atomic mass is 16.5. The zero-order valence-corrected chi connectivity index (χ0v) is 14.3. The SMILES string of the molecule is Cc1cc[n+](C)c(-c2c(C)ccc3c2oc2oc4ccccc4c23)n1. The third-order valence-electron chi connectivity index (χ3n) is 4.77. The standard InChI is InChI=1S/C21H17N2O2/c1-12-8-9-15-18-14-6-4-5-7-16(14)24-21(18)25-19(15)17(12)20-22-13(2)10-11-23(20)3/h4-11H,1-3H3/q+1. The molecule has 0 aliphatic heterocycles. The molecule has 3 heterocycles. The van der Waals surface area contributed by atoms with Gasteiger partial charge in [-0.15, -0.1) is 0 Å². The van der Waals surface area contributed by atoms with Gasteiger partial charge < -0.3 is 8.83 Å².